The van der Waals surface area contributed by atoms with Gasteiger partial charge in [-0.3, -0.25) is 0 Å². The van der Waals surface area contributed by atoms with Crippen LogP contribution in [0.15, 0.2) is 12.3 Å². The molecule has 1 atom stereocenters. The van der Waals surface area contributed by atoms with Crippen molar-refractivity contribution in [1.82, 2.24) is 4.98 Å². The molecule has 0 aliphatic heterocycles. The van der Waals surface area contributed by atoms with Crippen LogP contribution in [0.1, 0.15) is 38.8 Å². The molecule has 1 aromatic rings. The van der Waals surface area contributed by atoms with E-state index in [0.717, 1.165) is 18.8 Å². The molecule has 0 bridgehead atoms. The third-order valence-corrected chi connectivity index (χ3v) is 2.90. The van der Waals surface area contributed by atoms with Crippen molar-refractivity contribution in [1.29, 1.82) is 0 Å². The molecule has 1 rings (SSSR count). The summed E-state index contributed by atoms with van der Waals surface area (Å²) in [6.07, 6.45) is 2.85. The highest BCUT2D eigenvalue weighted by atomic mass is 15.2. The van der Waals surface area contributed by atoms with Gasteiger partial charge < -0.3 is 10.6 Å². The SMILES string of the molecule is CCN(c1ncc(CC(C)N)cc1C)C(C)C. The van der Waals surface area contributed by atoms with Crippen LogP contribution in [0.2, 0.25) is 0 Å². The summed E-state index contributed by atoms with van der Waals surface area (Å²) in [6, 6.07) is 2.87. The van der Waals surface area contributed by atoms with E-state index in [1.165, 1.54) is 11.1 Å². The number of anilines is 1. The first-order valence-electron chi connectivity index (χ1n) is 6.43. The minimum absolute atomic E-state index is 0.189. The Morgan fingerprint density at radius 2 is 2.00 bits per heavy atom. The monoisotopic (exact) mass is 235 g/mol. The number of hydrogen-bond donors (Lipinski definition) is 1. The standard InChI is InChI=1S/C14H25N3/c1-6-17(10(2)3)14-11(4)7-13(9-16-14)8-12(5)15/h7,9-10,12H,6,8,15H2,1-5H3. The van der Waals surface area contributed by atoms with Gasteiger partial charge in [0.05, 0.1) is 0 Å². The van der Waals surface area contributed by atoms with Crippen molar-refractivity contribution >= 4 is 5.82 Å². The third kappa shape index (κ3) is 3.70. The van der Waals surface area contributed by atoms with Crippen LogP contribution >= 0.6 is 0 Å². The minimum Gasteiger partial charge on any atom is -0.354 e. The molecule has 0 amide bonds. The largest absolute Gasteiger partial charge is 0.354 e. The van der Waals surface area contributed by atoms with E-state index in [-0.39, 0.29) is 6.04 Å². The van der Waals surface area contributed by atoms with E-state index in [9.17, 15) is 0 Å². The molecule has 0 saturated carbocycles. The first-order chi connectivity index (χ1) is 7.95. The molecule has 1 unspecified atom stereocenters. The number of nitrogens with two attached hydrogens (primary N) is 1. The minimum atomic E-state index is 0.189. The Morgan fingerprint density at radius 3 is 2.41 bits per heavy atom. The fraction of sp³-hybridized carbons (Fsp3) is 0.643. The summed E-state index contributed by atoms with van der Waals surface area (Å²) in [4.78, 5) is 6.90. The van der Waals surface area contributed by atoms with Crippen LogP contribution in [-0.4, -0.2) is 23.6 Å². The average Bonchev–Trinajstić information content (AvgIpc) is 2.20. The Hall–Kier alpha value is -1.09. The first kappa shape index (κ1) is 14.0. The van der Waals surface area contributed by atoms with Crippen LogP contribution < -0.4 is 10.6 Å². The summed E-state index contributed by atoms with van der Waals surface area (Å²) < 4.78 is 0. The Morgan fingerprint density at radius 1 is 1.35 bits per heavy atom. The maximum absolute atomic E-state index is 5.81. The molecule has 0 aromatic carbocycles. The second-order valence-electron chi connectivity index (χ2n) is 5.05. The van der Waals surface area contributed by atoms with E-state index < -0.39 is 0 Å². The van der Waals surface area contributed by atoms with Gasteiger partial charge in [-0.25, -0.2) is 4.98 Å². The molecule has 2 N–H and O–H groups in total. The lowest BCUT2D eigenvalue weighted by molar-refractivity contribution is 0.688. The van der Waals surface area contributed by atoms with Crippen LogP contribution in [-0.2, 0) is 6.42 Å². The van der Waals surface area contributed by atoms with Crippen molar-refractivity contribution in [3.8, 4) is 0 Å². The summed E-state index contributed by atoms with van der Waals surface area (Å²) in [5.41, 5.74) is 8.27. The van der Waals surface area contributed by atoms with E-state index >= 15 is 0 Å². The molecule has 3 heteroatoms. The zero-order valence-electron chi connectivity index (χ0n) is 11.7. The molecule has 0 aliphatic carbocycles. The molecule has 0 radical (unpaired) electrons. The second-order valence-corrected chi connectivity index (χ2v) is 5.05. The fourth-order valence-electron chi connectivity index (χ4n) is 2.17. The van der Waals surface area contributed by atoms with Gasteiger partial charge in [-0.05, 0) is 52.2 Å². The Labute approximate surface area is 105 Å². The number of pyridine rings is 1. The van der Waals surface area contributed by atoms with Gasteiger partial charge in [0, 0.05) is 24.8 Å². The molecule has 1 aromatic heterocycles. The van der Waals surface area contributed by atoms with Crippen molar-refractivity contribution in [2.75, 3.05) is 11.4 Å². The quantitative estimate of drug-likeness (QED) is 0.852. The van der Waals surface area contributed by atoms with Crippen LogP contribution in [0.5, 0.6) is 0 Å². The fourth-order valence-corrected chi connectivity index (χ4v) is 2.17. The maximum Gasteiger partial charge on any atom is 0.131 e. The van der Waals surface area contributed by atoms with Crippen molar-refractivity contribution in [2.24, 2.45) is 5.73 Å². The highest BCUT2D eigenvalue weighted by Crippen LogP contribution is 2.20. The van der Waals surface area contributed by atoms with E-state index in [1.807, 2.05) is 13.1 Å². The molecule has 0 aliphatic rings. The summed E-state index contributed by atoms with van der Waals surface area (Å²) in [5.74, 6) is 1.09. The molecule has 0 fully saturated rings. The smallest absolute Gasteiger partial charge is 0.131 e. The third-order valence-electron chi connectivity index (χ3n) is 2.90. The molecule has 96 valence electrons. The van der Waals surface area contributed by atoms with Crippen molar-refractivity contribution in [3.63, 3.8) is 0 Å². The lowest BCUT2D eigenvalue weighted by Crippen LogP contribution is -2.31. The number of rotatable bonds is 5. The summed E-state index contributed by atoms with van der Waals surface area (Å²) in [5, 5.41) is 0. The second kappa shape index (κ2) is 6.01. The van der Waals surface area contributed by atoms with Crippen LogP contribution in [0.25, 0.3) is 0 Å². The highest BCUT2D eigenvalue weighted by Gasteiger charge is 2.12. The molecule has 0 spiro atoms. The predicted molar refractivity (Wildman–Crippen MR) is 74.5 cm³/mol. The molecule has 0 saturated heterocycles. The van der Waals surface area contributed by atoms with E-state index in [2.05, 4.69) is 43.6 Å². The Balaban J connectivity index is 2.96. The van der Waals surface area contributed by atoms with Gasteiger partial charge >= 0.3 is 0 Å². The van der Waals surface area contributed by atoms with Crippen LogP contribution in [0.3, 0.4) is 0 Å². The van der Waals surface area contributed by atoms with E-state index in [1.54, 1.807) is 0 Å². The summed E-state index contributed by atoms with van der Waals surface area (Å²) in [6.45, 7) is 11.7. The van der Waals surface area contributed by atoms with Gasteiger partial charge in [0.15, 0.2) is 0 Å². The molecule has 1 heterocycles. The van der Waals surface area contributed by atoms with Gasteiger partial charge in [-0.15, -0.1) is 0 Å². The lowest BCUT2D eigenvalue weighted by Gasteiger charge is -2.28. The molecule has 3 nitrogen and oxygen atoms in total. The lowest BCUT2D eigenvalue weighted by atomic mass is 10.1. The van der Waals surface area contributed by atoms with Crippen LogP contribution in [0, 0.1) is 6.92 Å². The predicted octanol–water partition coefficient (Wildman–Crippen LogP) is 2.51. The van der Waals surface area contributed by atoms with Crippen molar-refractivity contribution in [2.45, 2.75) is 53.1 Å². The summed E-state index contributed by atoms with van der Waals surface area (Å²) in [7, 11) is 0. The van der Waals surface area contributed by atoms with Gasteiger partial charge in [0.2, 0.25) is 0 Å². The maximum atomic E-state index is 5.81. The Kier molecular flexibility index (Phi) is 4.94. The first-order valence-corrected chi connectivity index (χ1v) is 6.43. The van der Waals surface area contributed by atoms with E-state index in [4.69, 9.17) is 5.73 Å². The van der Waals surface area contributed by atoms with Gasteiger partial charge in [0.25, 0.3) is 0 Å². The molecular formula is C14H25N3. The number of aryl methyl sites for hydroxylation is 1. The highest BCUT2D eigenvalue weighted by molar-refractivity contribution is 5.48. The van der Waals surface area contributed by atoms with Gasteiger partial charge in [-0.2, -0.15) is 0 Å². The normalized spacial score (nSPS) is 12.9. The average molecular weight is 235 g/mol. The number of nitrogens with zero attached hydrogens (tertiary/aromatic N) is 2. The van der Waals surface area contributed by atoms with Gasteiger partial charge in [0.1, 0.15) is 5.82 Å². The van der Waals surface area contributed by atoms with Crippen molar-refractivity contribution in [3.05, 3.63) is 23.4 Å². The zero-order chi connectivity index (χ0) is 13.0. The topological polar surface area (TPSA) is 42.2 Å². The zero-order valence-corrected chi connectivity index (χ0v) is 11.7. The Bertz CT molecular complexity index is 358. The van der Waals surface area contributed by atoms with Crippen molar-refractivity contribution < 1.29 is 0 Å². The van der Waals surface area contributed by atoms with Gasteiger partial charge in [-0.1, -0.05) is 6.07 Å². The summed E-state index contributed by atoms with van der Waals surface area (Å²) >= 11 is 0. The number of hydrogen-bond acceptors (Lipinski definition) is 3. The molecule has 17 heavy (non-hydrogen) atoms. The van der Waals surface area contributed by atoms with E-state index in [0.29, 0.717) is 6.04 Å². The number of aromatic nitrogens is 1. The molecular weight excluding hydrogens is 210 g/mol. The van der Waals surface area contributed by atoms with Crippen LogP contribution in [0.4, 0.5) is 5.82 Å².